The summed E-state index contributed by atoms with van der Waals surface area (Å²) in [5, 5.41) is 0. The van der Waals surface area contributed by atoms with E-state index in [0.717, 1.165) is 19.3 Å². The molecule has 2 aliphatic rings. The first-order chi connectivity index (χ1) is 5.71. The van der Waals surface area contributed by atoms with Gasteiger partial charge in [-0.15, -0.1) is 0 Å². The number of carbonyl (C=O) groups excluding carboxylic acids is 1. The maximum Gasteiger partial charge on any atom is 0.313 e. The van der Waals surface area contributed by atoms with Gasteiger partial charge in [-0.05, 0) is 32.1 Å². The van der Waals surface area contributed by atoms with Gasteiger partial charge < -0.3 is 10.5 Å². The van der Waals surface area contributed by atoms with Gasteiger partial charge in [0.1, 0.15) is 0 Å². The van der Waals surface area contributed by atoms with E-state index in [1.54, 1.807) is 0 Å². The quantitative estimate of drug-likeness (QED) is 0.632. The maximum atomic E-state index is 11.5. The van der Waals surface area contributed by atoms with Gasteiger partial charge in [-0.1, -0.05) is 0 Å². The van der Waals surface area contributed by atoms with Gasteiger partial charge in [0.15, 0.2) is 0 Å². The Balaban J connectivity index is 2.03. The zero-order valence-electron chi connectivity index (χ0n) is 7.38. The smallest absolute Gasteiger partial charge is 0.313 e. The molecule has 68 valence electrons. The lowest BCUT2D eigenvalue weighted by molar-refractivity contribution is -0.150. The summed E-state index contributed by atoms with van der Waals surface area (Å²) in [5.41, 5.74) is 5.52. The molecule has 0 heterocycles. The van der Waals surface area contributed by atoms with Crippen molar-refractivity contribution in [2.45, 2.75) is 32.2 Å². The summed E-state index contributed by atoms with van der Waals surface area (Å²) in [7, 11) is 0. The molecule has 0 aromatic rings. The third-order valence-corrected chi connectivity index (χ3v) is 3.02. The van der Waals surface area contributed by atoms with Crippen LogP contribution in [0.1, 0.15) is 26.2 Å². The monoisotopic (exact) mass is 169 g/mol. The average Bonchev–Trinajstić information content (AvgIpc) is 2.81. The lowest BCUT2D eigenvalue weighted by Gasteiger charge is -2.12. The molecule has 0 radical (unpaired) electrons. The van der Waals surface area contributed by atoms with E-state index in [1.165, 1.54) is 0 Å². The Morgan fingerprint density at radius 2 is 2.25 bits per heavy atom. The standard InChI is InChI=1S/C9H15NO2/c1-2-12-8(11)9(5-7(9)10)6-3-4-6/h6-7H,2-5,10H2,1H3. The number of hydrogen-bond acceptors (Lipinski definition) is 3. The summed E-state index contributed by atoms with van der Waals surface area (Å²) >= 11 is 0. The molecule has 0 saturated heterocycles. The molecule has 2 aliphatic carbocycles. The van der Waals surface area contributed by atoms with Gasteiger partial charge in [0.25, 0.3) is 0 Å². The summed E-state index contributed by atoms with van der Waals surface area (Å²) in [4.78, 5) is 11.5. The van der Waals surface area contributed by atoms with E-state index >= 15 is 0 Å². The minimum Gasteiger partial charge on any atom is -0.466 e. The Labute approximate surface area is 72.3 Å². The average molecular weight is 169 g/mol. The van der Waals surface area contributed by atoms with Crippen molar-refractivity contribution in [3.63, 3.8) is 0 Å². The molecule has 0 aliphatic heterocycles. The molecule has 12 heavy (non-hydrogen) atoms. The SMILES string of the molecule is CCOC(=O)C1(C2CC2)CC1N. The second kappa shape index (κ2) is 2.46. The number of carbonyl (C=O) groups is 1. The Morgan fingerprint density at radius 1 is 1.67 bits per heavy atom. The molecule has 2 unspecified atom stereocenters. The first-order valence-electron chi connectivity index (χ1n) is 4.64. The molecule has 2 rings (SSSR count). The van der Waals surface area contributed by atoms with E-state index in [4.69, 9.17) is 10.5 Å². The van der Waals surface area contributed by atoms with Crippen molar-refractivity contribution in [2.75, 3.05) is 6.61 Å². The number of esters is 1. The van der Waals surface area contributed by atoms with Crippen LogP contribution in [0.2, 0.25) is 0 Å². The molecular weight excluding hydrogens is 154 g/mol. The van der Waals surface area contributed by atoms with Crippen LogP contribution in [0.15, 0.2) is 0 Å². The number of rotatable bonds is 3. The van der Waals surface area contributed by atoms with Crippen LogP contribution < -0.4 is 5.73 Å². The van der Waals surface area contributed by atoms with Gasteiger partial charge in [-0.3, -0.25) is 4.79 Å². The van der Waals surface area contributed by atoms with E-state index < -0.39 is 0 Å². The summed E-state index contributed by atoms with van der Waals surface area (Å²) in [6, 6.07) is 0.0732. The molecule has 2 atom stereocenters. The van der Waals surface area contributed by atoms with Crippen LogP contribution in [0.3, 0.4) is 0 Å². The van der Waals surface area contributed by atoms with Gasteiger partial charge in [0.2, 0.25) is 0 Å². The van der Waals surface area contributed by atoms with Crippen LogP contribution in [0.4, 0.5) is 0 Å². The second-order valence-electron chi connectivity index (χ2n) is 3.85. The van der Waals surface area contributed by atoms with E-state index in [9.17, 15) is 4.79 Å². The summed E-state index contributed by atoms with van der Waals surface area (Å²) < 4.78 is 5.02. The molecule has 0 spiro atoms. The molecular formula is C9H15NO2. The van der Waals surface area contributed by atoms with Crippen molar-refractivity contribution in [3.05, 3.63) is 0 Å². The minimum atomic E-state index is -0.254. The van der Waals surface area contributed by atoms with E-state index in [0.29, 0.717) is 12.5 Å². The van der Waals surface area contributed by atoms with Gasteiger partial charge in [-0.25, -0.2) is 0 Å². The van der Waals surface area contributed by atoms with Gasteiger partial charge in [0.05, 0.1) is 12.0 Å². The van der Waals surface area contributed by atoms with Crippen LogP contribution in [0.25, 0.3) is 0 Å². The molecule has 2 N–H and O–H groups in total. The molecule has 3 heteroatoms. The predicted octanol–water partition coefficient (Wildman–Crippen LogP) is 0.677. The summed E-state index contributed by atoms with van der Waals surface area (Å²) in [6.45, 7) is 2.31. The number of hydrogen-bond donors (Lipinski definition) is 1. The van der Waals surface area contributed by atoms with Gasteiger partial charge in [-0.2, -0.15) is 0 Å². The normalized spacial score (nSPS) is 39.3. The van der Waals surface area contributed by atoms with Crippen molar-refractivity contribution < 1.29 is 9.53 Å². The Kier molecular flexibility index (Phi) is 1.65. The number of nitrogens with two attached hydrogens (primary N) is 1. The Hall–Kier alpha value is -0.570. The fourth-order valence-corrected chi connectivity index (χ4v) is 2.04. The van der Waals surface area contributed by atoms with Crippen LogP contribution in [-0.2, 0) is 9.53 Å². The largest absolute Gasteiger partial charge is 0.466 e. The highest BCUT2D eigenvalue weighted by molar-refractivity contribution is 5.82. The zero-order chi connectivity index (χ0) is 8.77. The zero-order valence-corrected chi connectivity index (χ0v) is 7.38. The van der Waals surface area contributed by atoms with Crippen LogP contribution in [-0.4, -0.2) is 18.6 Å². The predicted molar refractivity (Wildman–Crippen MR) is 44.4 cm³/mol. The second-order valence-corrected chi connectivity index (χ2v) is 3.85. The highest BCUT2D eigenvalue weighted by atomic mass is 16.5. The Bertz CT molecular complexity index is 213. The first kappa shape index (κ1) is 8.05. The number of ether oxygens (including phenoxy) is 1. The van der Waals surface area contributed by atoms with E-state index in [1.807, 2.05) is 6.92 Å². The fourth-order valence-electron chi connectivity index (χ4n) is 2.04. The topological polar surface area (TPSA) is 52.3 Å². The highest BCUT2D eigenvalue weighted by Gasteiger charge is 2.66. The lowest BCUT2D eigenvalue weighted by Crippen LogP contribution is -2.28. The van der Waals surface area contributed by atoms with Crippen molar-refractivity contribution in [3.8, 4) is 0 Å². The molecule has 2 saturated carbocycles. The van der Waals surface area contributed by atoms with Gasteiger partial charge in [0, 0.05) is 6.04 Å². The first-order valence-corrected chi connectivity index (χ1v) is 4.64. The molecule has 3 nitrogen and oxygen atoms in total. The molecule has 0 aromatic carbocycles. The van der Waals surface area contributed by atoms with Gasteiger partial charge >= 0.3 is 5.97 Å². The molecule has 0 bridgehead atoms. The summed E-state index contributed by atoms with van der Waals surface area (Å²) in [5.74, 6) is 0.478. The van der Waals surface area contributed by atoms with Crippen molar-refractivity contribution in [1.82, 2.24) is 0 Å². The molecule has 2 fully saturated rings. The minimum absolute atomic E-state index is 0.0556. The van der Waals surface area contributed by atoms with Crippen LogP contribution in [0, 0.1) is 11.3 Å². The lowest BCUT2D eigenvalue weighted by atomic mass is 10.00. The van der Waals surface area contributed by atoms with Crippen molar-refractivity contribution >= 4 is 5.97 Å². The Morgan fingerprint density at radius 3 is 2.58 bits per heavy atom. The van der Waals surface area contributed by atoms with Crippen LogP contribution in [0.5, 0.6) is 0 Å². The third-order valence-electron chi connectivity index (χ3n) is 3.02. The van der Waals surface area contributed by atoms with Crippen LogP contribution >= 0.6 is 0 Å². The third kappa shape index (κ3) is 0.959. The highest BCUT2D eigenvalue weighted by Crippen LogP contribution is 2.60. The van der Waals surface area contributed by atoms with E-state index in [2.05, 4.69) is 0 Å². The van der Waals surface area contributed by atoms with Crippen molar-refractivity contribution in [1.29, 1.82) is 0 Å². The maximum absolute atomic E-state index is 11.5. The summed E-state index contributed by atoms with van der Waals surface area (Å²) in [6.07, 6.45) is 3.16. The molecule has 0 amide bonds. The van der Waals surface area contributed by atoms with Crippen molar-refractivity contribution in [2.24, 2.45) is 17.1 Å². The molecule has 0 aromatic heterocycles. The fraction of sp³-hybridized carbons (Fsp3) is 0.889. The van der Waals surface area contributed by atoms with E-state index in [-0.39, 0.29) is 17.4 Å².